The number of carbonyl (C=O) groups is 2. The highest BCUT2D eigenvalue weighted by Crippen LogP contribution is 2.32. The van der Waals surface area contributed by atoms with Gasteiger partial charge in [0.25, 0.3) is 5.91 Å². The first-order chi connectivity index (χ1) is 11.6. The van der Waals surface area contributed by atoms with Crippen molar-refractivity contribution in [1.29, 1.82) is 0 Å². The van der Waals surface area contributed by atoms with E-state index in [1.54, 1.807) is 23.1 Å². The quantitative estimate of drug-likeness (QED) is 0.744. The van der Waals surface area contributed by atoms with Crippen LogP contribution in [-0.4, -0.2) is 54.4 Å². The summed E-state index contributed by atoms with van der Waals surface area (Å²) in [5.41, 5.74) is 0.350. The maximum Gasteiger partial charge on any atom is 0.252 e. The van der Waals surface area contributed by atoms with Crippen LogP contribution in [0.4, 0.5) is 0 Å². The van der Waals surface area contributed by atoms with Gasteiger partial charge >= 0.3 is 0 Å². The van der Waals surface area contributed by atoms with Gasteiger partial charge in [-0.05, 0) is 31.0 Å². The minimum Gasteiger partial charge on any atom is -0.454 e. The topological polar surface area (TPSA) is 88.1 Å². The molecule has 1 aromatic carbocycles. The molecule has 132 valence electrons. The number of fused-ring (bicyclic) bond motifs is 1. The van der Waals surface area contributed by atoms with Gasteiger partial charge in [0.1, 0.15) is 6.04 Å². The molecule has 2 amide bonds. The molecule has 0 fully saturated rings. The molecule has 0 saturated carbocycles. The molecule has 2 rings (SSSR count). The molecule has 0 saturated heterocycles. The summed E-state index contributed by atoms with van der Waals surface area (Å²) < 4.78 is 10.4. The first-order valence-electron chi connectivity index (χ1n) is 8.20. The highest BCUT2D eigenvalue weighted by atomic mass is 16.7. The Balaban J connectivity index is 2.05. The lowest BCUT2D eigenvalue weighted by Crippen LogP contribution is -2.51. The average Bonchev–Trinajstić information content (AvgIpc) is 3.06. The van der Waals surface area contributed by atoms with Gasteiger partial charge in [0.2, 0.25) is 12.7 Å². The van der Waals surface area contributed by atoms with Crippen LogP contribution in [0, 0.1) is 0 Å². The van der Waals surface area contributed by atoms with Gasteiger partial charge < -0.3 is 24.8 Å². The molecule has 0 bridgehead atoms. The second-order valence-corrected chi connectivity index (χ2v) is 5.60. The van der Waals surface area contributed by atoms with Gasteiger partial charge in [-0.1, -0.05) is 13.8 Å². The molecule has 0 aromatic heterocycles. The second-order valence-electron chi connectivity index (χ2n) is 5.60. The smallest absolute Gasteiger partial charge is 0.252 e. The summed E-state index contributed by atoms with van der Waals surface area (Å²) in [4.78, 5) is 26.5. The molecule has 1 atom stereocenters. The molecule has 0 aliphatic carbocycles. The fourth-order valence-electron chi connectivity index (χ4n) is 2.56. The van der Waals surface area contributed by atoms with Crippen LogP contribution >= 0.6 is 0 Å². The Kier molecular flexibility index (Phi) is 6.43. The molecule has 7 heteroatoms. The van der Waals surface area contributed by atoms with E-state index in [1.807, 2.05) is 13.8 Å². The lowest BCUT2D eigenvalue weighted by Gasteiger charge is -2.26. The maximum absolute atomic E-state index is 12.5. The van der Waals surface area contributed by atoms with Crippen molar-refractivity contribution in [3.05, 3.63) is 23.8 Å². The van der Waals surface area contributed by atoms with E-state index < -0.39 is 18.6 Å². The summed E-state index contributed by atoms with van der Waals surface area (Å²) in [6.45, 7) is 4.84. The summed E-state index contributed by atoms with van der Waals surface area (Å²) in [5, 5.41) is 12.1. The van der Waals surface area contributed by atoms with Gasteiger partial charge in [-0.25, -0.2) is 0 Å². The zero-order valence-electron chi connectivity index (χ0n) is 14.1. The van der Waals surface area contributed by atoms with Crippen molar-refractivity contribution in [3.8, 4) is 11.5 Å². The normalized spacial score (nSPS) is 13.5. The van der Waals surface area contributed by atoms with Crippen molar-refractivity contribution in [2.24, 2.45) is 0 Å². The van der Waals surface area contributed by atoms with Gasteiger partial charge in [0, 0.05) is 18.7 Å². The molecule has 0 radical (unpaired) electrons. The molecule has 1 aliphatic rings. The van der Waals surface area contributed by atoms with Crippen molar-refractivity contribution in [1.82, 2.24) is 10.2 Å². The molecule has 1 aliphatic heterocycles. The van der Waals surface area contributed by atoms with Crippen LogP contribution in [0.2, 0.25) is 0 Å². The number of carbonyl (C=O) groups excluding carboxylic acids is 2. The first-order valence-corrected chi connectivity index (χ1v) is 8.20. The van der Waals surface area contributed by atoms with E-state index in [4.69, 9.17) is 9.47 Å². The molecule has 1 aromatic rings. The number of ether oxygens (including phenoxy) is 2. The summed E-state index contributed by atoms with van der Waals surface area (Å²) in [7, 11) is 0. The van der Waals surface area contributed by atoms with Crippen molar-refractivity contribution in [2.45, 2.75) is 32.7 Å². The molecule has 7 nitrogen and oxygen atoms in total. The molecule has 24 heavy (non-hydrogen) atoms. The molecule has 2 N–H and O–H groups in total. The third kappa shape index (κ3) is 4.17. The number of benzene rings is 1. The highest BCUT2D eigenvalue weighted by molar-refractivity contribution is 5.98. The lowest BCUT2D eigenvalue weighted by molar-refractivity contribution is -0.134. The van der Waals surface area contributed by atoms with E-state index in [0.29, 0.717) is 30.2 Å². The second kappa shape index (κ2) is 8.54. The van der Waals surface area contributed by atoms with Crippen molar-refractivity contribution < 1.29 is 24.2 Å². The monoisotopic (exact) mass is 336 g/mol. The van der Waals surface area contributed by atoms with Crippen molar-refractivity contribution in [2.75, 3.05) is 26.5 Å². The predicted octanol–water partition coefficient (Wildman–Crippen LogP) is 1.15. The lowest BCUT2D eigenvalue weighted by atomic mass is 10.1. The third-order valence-electron chi connectivity index (χ3n) is 3.72. The number of hydrogen-bond donors (Lipinski definition) is 2. The zero-order chi connectivity index (χ0) is 17.5. The van der Waals surface area contributed by atoms with E-state index in [1.165, 1.54) is 0 Å². The van der Waals surface area contributed by atoms with E-state index >= 15 is 0 Å². The van der Waals surface area contributed by atoms with Crippen LogP contribution in [0.25, 0.3) is 0 Å². The van der Waals surface area contributed by atoms with Crippen LogP contribution in [0.3, 0.4) is 0 Å². The Morgan fingerprint density at radius 1 is 1.21 bits per heavy atom. The standard InChI is InChI=1S/C17H24N2O5/c1-3-7-19(8-4-2)17(22)13(10-20)18-16(21)12-5-6-14-15(9-12)24-11-23-14/h5-6,9,13,20H,3-4,7-8,10-11H2,1-2H3,(H,18,21)/t13-/m0/s1. The summed E-state index contributed by atoms with van der Waals surface area (Å²) in [6.07, 6.45) is 1.64. The summed E-state index contributed by atoms with van der Waals surface area (Å²) in [6, 6.07) is 3.85. The molecule has 0 unspecified atom stereocenters. The van der Waals surface area contributed by atoms with Gasteiger partial charge in [-0.15, -0.1) is 0 Å². The fraction of sp³-hybridized carbons (Fsp3) is 0.529. The van der Waals surface area contributed by atoms with Crippen LogP contribution in [0.15, 0.2) is 18.2 Å². The van der Waals surface area contributed by atoms with E-state index in [0.717, 1.165) is 12.8 Å². The number of aliphatic hydroxyl groups is 1. The number of amides is 2. The SMILES string of the molecule is CCCN(CCC)C(=O)[C@H](CO)NC(=O)c1ccc2c(c1)OCO2. The highest BCUT2D eigenvalue weighted by Gasteiger charge is 2.25. The van der Waals surface area contributed by atoms with Crippen LogP contribution in [-0.2, 0) is 4.79 Å². The first kappa shape index (κ1) is 18.1. The Hall–Kier alpha value is -2.28. The Morgan fingerprint density at radius 3 is 2.50 bits per heavy atom. The van der Waals surface area contributed by atoms with Gasteiger partial charge in [0.15, 0.2) is 11.5 Å². The molecule has 0 spiro atoms. The minimum absolute atomic E-state index is 0.126. The third-order valence-corrected chi connectivity index (χ3v) is 3.72. The van der Waals surface area contributed by atoms with Crippen LogP contribution < -0.4 is 14.8 Å². The number of nitrogens with zero attached hydrogens (tertiary/aromatic N) is 1. The van der Waals surface area contributed by atoms with Crippen molar-refractivity contribution in [3.63, 3.8) is 0 Å². The van der Waals surface area contributed by atoms with E-state index in [2.05, 4.69) is 5.32 Å². The summed E-state index contributed by atoms with van der Waals surface area (Å²) in [5.74, 6) is 0.371. The van der Waals surface area contributed by atoms with Crippen molar-refractivity contribution >= 4 is 11.8 Å². The minimum atomic E-state index is -0.957. The largest absolute Gasteiger partial charge is 0.454 e. The predicted molar refractivity (Wildman–Crippen MR) is 88.1 cm³/mol. The molecular formula is C17H24N2O5. The Labute approximate surface area is 141 Å². The number of nitrogens with one attached hydrogen (secondary N) is 1. The zero-order valence-corrected chi connectivity index (χ0v) is 14.1. The fourth-order valence-corrected chi connectivity index (χ4v) is 2.56. The van der Waals surface area contributed by atoms with Crippen LogP contribution in [0.5, 0.6) is 11.5 Å². The van der Waals surface area contributed by atoms with Gasteiger partial charge in [-0.2, -0.15) is 0 Å². The van der Waals surface area contributed by atoms with E-state index in [9.17, 15) is 14.7 Å². The van der Waals surface area contributed by atoms with Gasteiger partial charge in [-0.3, -0.25) is 9.59 Å². The Bertz CT molecular complexity index is 584. The molecule has 1 heterocycles. The number of rotatable bonds is 8. The Morgan fingerprint density at radius 2 is 1.88 bits per heavy atom. The van der Waals surface area contributed by atoms with Crippen LogP contribution in [0.1, 0.15) is 37.0 Å². The number of hydrogen-bond acceptors (Lipinski definition) is 5. The molecular weight excluding hydrogens is 312 g/mol. The van der Waals surface area contributed by atoms with Gasteiger partial charge in [0.05, 0.1) is 6.61 Å². The average molecular weight is 336 g/mol. The summed E-state index contributed by atoms with van der Waals surface area (Å²) >= 11 is 0. The number of aliphatic hydroxyl groups excluding tert-OH is 1. The van der Waals surface area contributed by atoms with E-state index in [-0.39, 0.29) is 12.7 Å². The maximum atomic E-state index is 12.5.